The van der Waals surface area contributed by atoms with Gasteiger partial charge in [-0.3, -0.25) is 9.63 Å². The summed E-state index contributed by atoms with van der Waals surface area (Å²) in [5.41, 5.74) is 1.04. The van der Waals surface area contributed by atoms with E-state index in [9.17, 15) is 9.90 Å². The molecular formula is C12H15NO3. The molecule has 0 radical (unpaired) electrons. The van der Waals surface area contributed by atoms with Crippen LogP contribution in [0.3, 0.4) is 0 Å². The lowest BCUT2D eigenvalue weighted by Gasteiger charge is -2.23. The van der Waals surface area contributed by atoms with E-state index in [1.165, 1.54) is 12.0 Å². The van der Waals surface area contributed by atoms with Crippen molar-refractivity contribution in [3.8, 4) is 0 Å². The Hall–Kier alpha value is -1.39. The Morgan fingerprint density at radius 2 is 2.19 bits per heavy atom. The topological polar surface area (TPSA) is 49.8 Å². The van der Waals surface area contributed by atoms with Crippen molar-refractivity contribution in [1.82, 2.24) is 5.06 Å². The second kappa shape index (κ2) is 4.63. The van der Waals surface area contributed by atoms with Gasteiger partial charge in [-0.05, 0) is 12.5 Å². The number of aliphatic hydroxyl groups excluding tert-OH is 1. The third-order valence-electron chi connectivity index (χ3n) is 2.66. The summed E-state index contributed by atoms with van der Waals surface area (Å²) >= 11 is 0. The highest BCUT2D eigenvalue weighted by Gasteiger charge is 2.33. The van der Waals surface area contributed by atoms with E-state index in [2.05, 4.69) is 0 Å². The quantitative estimate of drug-likeness (QED) is 0.818. The van der Waals surface area contributed by atoms with Crippen LogP contribution in [-0.4, -0.2) is 28.8 Å². The van der Waals surface area contributed by atoms with Gasteiger partial charge in [-0.2, -0.15) is 0 Å². The summed E-state index contributed by atoms with van der Waals surface area (Å²) in [4.78, 5) is 16.9. The van der Waals surface area contributed by atoms with Crippen LogP contribution < -0.4 is 0 Å². The first-order valence-electron chi connectivity index (χ1n) is 5.39. The Morgan fingerprint density at radius 3 is 2.81 bits per heavy atom. The number of benzene rings is 1. The minimum atomic E-state index is -1.02. The molecule has 0 aliphatic carbocycles. The molecule has 0 saturated carbocycles. The second-order valence-electron chi connectivity index (χ2n) is 3.89. The summed E-state index contributed by atoms with van der Waals surface area (Å²) in [5.74, 6) is -0.383. The van der Waals surface area contributed by atoms with E-state index in [-0.39, 0.29) is 11.9 Å². The van der Waals surface area contributed by atoms with Gasteiger partial charge in [0.05, 0.1) is 12.6 Å². The van der Waals surface area contributed by atoms with E-state index < -0.39 is 6.10 Å². The van der Waals surface area contributed by atoms with Gasteiger partial charge in [0, 0.05) is 6.42 Å². The monoisotopic (exact) mass is 221 g/mol. The predicted molar refractivity (Wildman–Crippen MR) is 58.3 cm³/mol. The Morgan fingerprint density at radius 1 is 1.50 bits per heavy atom. The summed E-state index contributed by atoms with van der Waals surface area (Å²) < 4.78 is 0. The predicted octanol–water partition coefficient (Wildman–Crippen LogP) is 1.27. The Labute approximate surface area is 94.4 Å². The molecule has 0 bridgehead atoms. The SMILES string of the molecule is C[C@H](O)C(=O)N1OCC[C@H]1c1ccccc1. The molecule has 1 fully saturated rings. The van der Waals surface area contributed by atoms with E-state index in [1.54, 1.807) is 0 Å². The molecule has 1 heterocycles. The van der Waals surface area contributed by atoms with Crippen molar-refractivity contribution in [2.45, 2.75) is 25.5 Å². The van der Waals surface area contributed by atoms with E-state index in [1.807, 2.05) is 30.3 Å². The molecule has 0 spiro atoms. The minimum absolute atomic E-state index is 0.0803. The lowest BCUT2D eigenvalue weighted by atomic mass is 10.0. The van der Waals surface area contributed by atoms with Gasteiger partial charge in [-0.1, -0.05) is 30.3 Å². The maximum Gasteiger partial charge on any atom is 0.275 e. The zero-order valence-corrected chi connectivity index (χ0v) is 9.17. The van der Waals surface area contributed by atoms with Crippen LogP contribution in [0.1, 0.15) is 24.9 Å². The second-order valence-corrected chi connectivity index (χ2v) is 3.89. The van der Waals surface area contributed by atoms with Gasteiger partial charge in [0.2, 0.25) is 0 Å². The average Bonchev–Trinajstić information content (AvgIpc) is 2.77. The van der Waals surface area contributed by atoms with E-state index in [4.69, 9.17) is 4.84 Å². The molecule has 1 aromatic rings. The number of carbonyl (C=O) groups is 1. The standard InChI is InChI=1S/C12H15NO3/c1-9(14)12(15)13-11(7-8-16-13)10-5-3-2-4-6-10/h2-6,9,11,14H,7-8H2,1H3/t9-,11-/m0/s1. The third-order valence-corrected chi connectivity index (χ3v) is 2.66. The van der Waals surface area contributed by atoms with Crippen LogP contribution in [-0.2, 0) is 9.63 Å². The van der Waals surface area contributed by atoms with Crippen LogP contribution in [0.25, 0.3) is 0 Å². The number of carbonyl (C=O) groups excluding carboxylic acids is 1. The third kappa shape index (κ3) is 2.08. The lowest BCUT2D eigenvalue weighted by Crippen LogP contribution is -2.36. The Kier molecular flexibility index (Phi) is 3.22. The molecule has 1 aromatic carbocycles. The van der Waals surface area contributed by atoms with Crippen molar-refractivity contribution in [2.24, 2.45) is 0 Å². The molecular weight excluding hydrogens is 206 g/mol. The molecule has 4 nitrogen and oxygen atoms in total. The van der Waals surface area contributed by atoms with Crippen molar-refractivity contribution >= 4 is 5.91 Å². The van der Waals surface area contributed by atoms with Gasteiger partial charge in [0.1, 0.15) is 6.10 Å². The maximum atomic E-state index is 11.7. The molecule has 4 heteroatoms. The molecule has 0 aromatic heterocycles. The molecule has 1 N–H and O–H groups in total. The average molecular weight is 221 g/mol. The van der Waals surface area contributed by atoms with E-state index >= 15 is 0 Å². The largest absolute Gasteiger partial charge is 0.383 e. The normalized spacial score (nSPS) is 22.1. The van der Waals surface area contributed by atoms with Gasteiger partial charge >= 0.3 is 0 Å². The van der Waals surface area contributed by atoms with Crippen molar-refractivity contribution in [2.75, 3.05) is 6.61 Å². The minimum Gasteiger partial charge on any atom is -0.383 e. The first-order valence-corrected chi connectivity index (χ1v) is 5.39. The molecule has 1 saturated heterocycles. The number of hydrogen-bond donors (Lipinski definition) is 1. The molecule has 1 aliphatic rings. The highest BCUT2D eigenvalue weighted by Crippen LogP contribution is 2.30. The summed E-state index contributed by atoms with van der Waals surface area (Å²) in [5, 5.41) is 10.6. The fourth-order valence-corrected chi connectivity index (χ4v) is 1.85. The molecule has 1 aliphatic heterocycles. The number of amides is 1. The van der Waals surface area contributed by atoms with Crippen LogP contribution in [0.5, 0.6) is 0 Å². The molecule has 2 rings (SSSR count). The van der Waals surface area contributed by atoms with Crippen LogP contribution in [0.15, 0.2) is 30.3 Å². The van der Waals surface area contributed by atoms with Crippen molar-refractivity contribution in [3.63, 3.8) is 0 Å². The van der Waals surface area contributed by atoms with Gasteiger partial charge < -0.3 is 5.11 Å². The number of aliphatic hydroxyl groups is 1. The number of nitrogens with zero attached hydrogens (tertiary/aromatic N) is 1. The molecule has 0 unspecified atom stereocenters. The lowest BCUT2D eigenvalue weighted by molar-refractivity contribution is -0.185. The Balaban J connectivity index is 2.19. The summed E-state index contributed by atoms with van der Waals surface area (Å²) in [6, 6.07) is 9.63. The van der Waals surface area contributed by atoms with Gasteiger partial charge in [0.15, 0.2) is 0 Å². The van der Waals surface area contributed by atoms with Gasteiger partial charge in [0.25, 0.3) is 5.91 Å². The van der Waals surface area contributed by atoms with E-state index in [0.717, 1.165) is 12.0 Å². The van der Waals surface area contributed by atoms with E-state index in [0.29, 0.717) is 6.61 Å². The first kappa shape index (κ1) is 11.1. The highest BCUT2D eigenvalue weighted by molar-refractivity contribution is 5.79. The summed E-state index contributed by atoms with van der Waals surface area (Å²) in [6.45, 7) is 1.96. The van der Waals surface area contributed by atoms with Crippen LogP contribution in [0.2, 0.25) is 0 Å². The van der Waals surface area contributed by atoms with Crippen LogP contribution in [0, 0.1) is 0 Å². The van der Waals surface area contributed by atoms with Crippen molar-refractivity contribution in [1.29, 1.82) is 0 Å². The fourth-order valence-electron chi connectivity index (χ4n) is 1.85. The van der Waals surface area contributed by atoms with Crippen molar-refractivity contribution in [3.05, 3.63) is 35.9 Å². The number of hydroxylamine groups is 2. The number of rotatable bonds is 2. The van der Waals surface area contributed by atoms with Crippen LogP contribution in [0.4, 0.5) is 0 Å². The maximum absolute atomic E-state index is 11.7. The first-order chi connectivity index (χ1) is 7.70. The summed E-state index contributed by atoms with van der Waals surface area (Å²) in [7, 11) is 0. The van der Waals surface area contributed by atoms with Crippen LogP contribution >= 0.6 is 0 Å². The van der Waals surface area contributed by atoms with Crippen molar-refractivity contribution < 1.29 is 14.7 Å². The van der Waals surface area contributed by atoms with Gasteiger partial charge in [-0.15, -0.1) is 0 Å². The van der Waals surface area contributed by atoms with Gasteiger partial charge in [-0.25, -0.2) is 5.06 Å². The smallest absolute Gasteiger partial charge is 0.275 e. The zero-order valence-electron chi connectivity index (χ0n) is 9.17. The molecule has 16 heavy (non-hydrogen) atoms. The fraction of sp³-hybridized carbons (Fsp3) is 0.417. The highest BCUT2D eigenvalue weighted by atomic mass is 16.7. The molecule has 86 valence electrons. The summed E-state index contributed by atoms with van der Waals surface area (Å²) in [6.07, 6.45) is -0.257. The molecule has 1 amide bonds. The Bertz CT molecular complexity index is 364. The molecule has 2 atom stereocenters. The zero-order chi connectivity index (χ0) is 11.5. The number of hydrogen-bond acceptors (Lipinski definition) is 3.